The van der Waals surface area contributed by atoms with E-state index in [4.69, 9.17) is 13.9 Å². The summed E-state index contributed by atoms with van der Waals surface area (Å²) in [6, 6.07) is 11.5. The second-order valence-corrected chi connectivity index (χ2v) is 7.80. The number of oxazole rings is 1. The lowest BCUT2D eigenvalue weighted by Crippen LogP contribution is -2.55. The highest BCUT2D eigenvalue weighted by atomic mass is 16.5. The number of methoxy groups -OCH3 is 1. The number of rotatable bonds is 9. The zero-order valence-electron chi connectivity index (χ0n) is 18.5. The largest absolute Gasteiger partial charge is 0.496 e. The molecule has 1 heterocycles. The highest BCUT2D eigenvalue weighted by Gasteiger charge is 2.25. The molecule has 0 saturated heterocycles. The summed E-state index contributed by atoms with van der Waals surface area (Å²) < 4.78 is 16.3. The van der Waals surface area contributed by atoms with Gasteiger partial charge in [0, 0.05) is 39.9 Å². The van der Waals surface area contributed by atoms with Crippen molar-refractivity contribution in [2.75, 3.05) is 19.0 Å². The summed E-state index contributed by atoms with van der Waals surface area (Å²) >= 11 is 0. The molecule has 0 spiro atoms. The second kappa shape index (κ2) is 10.4. The topological polar surface area (TPSA) is 134 Å². The standard InChI is InChI=1S/C23H24N4O6/c1-23(2,9-10-32-17-6-4-5-16(11-17)27-30)26-22(29)21(28)25-15-7-8-18(19(12-15)31-3)20-13-24-14-33-20/h4-8,11-14H,9-10H2,1-3H3,(H,25,28)(H,26,29)/p+1. The summed E-state index contributed by atoms with van der Waals surface area (Å²) in [5, 5.41) is 7.06. The van der Waals surface area contributed by atoms with E-state index in [1.54, 1.807) is 67.7 Å². The van der Waals surface area contributed by atoms with Crippen molar-refractivity contribution in [2.45, 2.75) is 25.8 Å². The van der Waals surface area contributed by atoms with Crippen molar-refractivity contribution in [3.8, 4) is 22.8 Å². The average molecular weight is 453 g/mol. The van der Waals surface area contributed by atoms with E-state index in [1.807, 2.05) is 0 Å². The van der Waals surface area contributed by atoms with Crippen molar-refractivity contribution in [3.05, 3.63) is 60.0 Å². The molecule has 2 aromatic carbocycles. The molecule has 33 heavy (non-hydrogen) atoms. The van der Waals surface area contributed by atoms with E-state index in [0.29, 0.717) is 40.6 Å². The lowest BCUT2D eigenvalue weighted by molar-refractivity contribution is -0.379. The molecular formula is C23H25N4O6+. The van der Waals surface area contributed by atoms with Gasteiger partial charge >= 0.3 is 11.8 Å². The zero-order chi connectivity index (χ0) is 23.8. The van der Waals surface area contributed by atoms with Gasteiger partial charge in [-0.1, -0.05) is 6.07 Å². The monoisotopic (exact) mass is 453 g/mol. The van der Waals surface area contributed by atoms with Crippen LogP contribution in [-0.2, 0) is 9.59 Å². The maximum Gasteiger partial charge on any atom is 0.313 e. The fourth-order valence-electron chi connectivity index (χ4n) is 3.01. The number of carbonyl (C=O) groups excluding carboxylic acids is 2. The van der Waals surface area contributed by atoms with E-state index in [-0.39, 0.29) is 6.61 Å². The Balaban J connectivity index is 1.54. The first-order valence-corrected chi connectivity index (χ1v) is 10.1. The second-order valence-electron chi connectivity index (χ2n) is 7.80. The van der Waals surface area contributed by atoms with Crippen LogP contribution in [0, 0.1) is 4.91 Å². The molecule has 0 aliphatic heterocycles. The van der Waals surface area contributed by atoms with Crippen LogP contribution < -0.4 is 25.3 Å². The van der Waals surface area contributed by atoms with Crippen molar-refractivity contribution in [1.82, 2.24) is 10.3 Å². The number of anilines is 1. The average Bonchev–Trinajstić information content (AvgIpc) is 3.33. The van der Waals surface area contributed by atoms with E-state index in [2.05, 4.69) is 15.6 Å². The van der Waals surface area contributed by atoms with Gasteiger partial charge in [0.25, 0.3) is 5.69 Å². The predicted molar refractivity (Wildman–Crippen MR) is 120 cm³/mol. The first kappa shape index (κ1) is 23.5. The van der Waals surface area contributed by atoms with Gasteiger partial charge in [-0.05, 0) is 32.0 Å². The van der Waals surface area contributed by atoms with Crippen molar-refractivity contribution in [2.24, 2.45) is 0 Å². The number of aromatic nitrogens is 1. The smallest absolute Gasteiger partial charge is 0.313 e. The number of ether oxygens (including phenoxy) is 2. The SMILES string of the molecule is COc1cc(NC(=O)C(=O)NC(C)(C)CCOc2cccc([NH+]=O)c2)ccc1-c1cnco1. The van der Waals surface area contributed by atoms with Crippen molar-refractivity contribution >= 4 is 23.2 Å². The predicted octanol–water partition coefficient (Wildman–Crippen LogP) is 2.13. The van der Waals surface area contributed by atoms with Crippen LogP contribution in [0.2, 0.25) is 0 Å². The Labute approximate surface area is 190 Å². The minimum Gasteiger partial charge on any atom is -0.496 e. The Bertz CT molecular complexity index is 1130. The van der Waals surface area contributed by atoms with Gasteiger partial charge in [0.05, 0.1) is 31.5 Å². The number of carbonyl (C=O) groups is 2. The van der Waals surface area contributed by atoms with Gasteiger partial charge in [-0.3, -0.25) is 9.59 Å². The maximum atomic E-state index is 12.4. The molecule has 0 aliphatic carbocycles. The molecule has 10 heteroatoms. The Kier molecular flexibility index (Phi) is 7.39. The molecule has 0 saturated carbocycles. The molecule has 0 aliphatic rings. The molecule has 0 unspecified atom stereocenters. The normalized spacial score (nSPS) is 10.9. The molecule has 0 bridgehead atoms. The maximum absolute atomic E-state index is 12.4. The molecule has 0 fully saturated rings. The Morgan fingerprint density at radius 3 is 2.67 bits per heavy atom. The fourth-order valence-corrected chi connectivity index (χ4v) is 3.01. The number of hydrogen-bond donors (Lipinski definition) is 3. The fraction of sp³-hybridized carbons (Fsp3) is 0.261. The van der Waals surface area contributed by atoms with Gasteiger partial charge in [0.1, 0.15) is 11.5 Å². The third kappa shape index (κ3) is 6.39. The van der Waals surface area contributed by atoms with Crippen LogP contribution in [0.3, 0.4) is 0 Å². The Morgan fingerprint density at radius 1 is 1.15 bits per heavy atom. The van der Waals surface area contributed by atoms with Crippen molar-refractivity contribution in [1.29, 1.82) is 0 Å². The van der Waals surface area contributed by atoms with Gasteiger partial charge in [-0.15, -0.1) is 0 Å². The summed E-state index contributed by atoms with van der Waals surface area (Å²) in [4.78, 5) is 39.4. The summed E-state index contributed by atoms with van der Waals surface area (Å²) in [5.41, 5.74) is 0.733. The number of nitrogens with one attached hydrogen (secondary N) is 3. The van der Waals surface area contributed by atoms with Crippen LogP contribution in [0.4, 0.5) is 11.4 Å². The van der Waals surface area contributed by atoms with Crippen LogP contribution in [0.15, 0.2) is 59.5 Å². The number of nitrogens with zero attached hydrogens (tertiary/aromatic N) is 1. The number of nitroso groups, excluding NO2 is 1. The lowest BCUT2D eigenvalue weighted by atomic mass is 10.0. The van der Waals surface area contributed by atoms with Crippen LogP contribution in [0.5, 0.6) is 11.5 Å². The summed E-state index contributed by atoms with van der Waals surface area (Å²) in [7, 11) is 1.49. The highest BCUT2D eigenvalue weighted by Crippen LogP contribution is 2.32. The molecule has 10 nitrogen and oxygen atoms in total. The van der Waals surface area contributed by atoms with Crippen molar-refractivity contribution in [3.63, 3.8) is 0 Å². The lowest BCUT2D eigenvalue weighted by Gasteiger charge is -2.26. The Morgan fingerprint density at radius 2 is 1.97 bits per heavy atom. The summed E-state index contributed by atoms with van der Waals surface area (Å²) in [6.07, 6.45) is 3.29. The van der Waals surface area contributed by atoms with E-state index in [0.717, 1.165) is 0 Å². The molecule has 0 atom stereocenters. The quantitative estimate of drug-likeness (QED) is 0.423. The first-order chi connectivity index (χ1) is 15.8. The van der Waals surface area contributed by atoms with Crippen LogP contribution in [-0.4, -0.2) is 36.1 Å². The third-order valence-electron chi connectivity index (χ3n) is 4.76. The Hall–Kier alpha value is -4.21. The van der Waals surface area contributed by atoms with E-state index < -0.39 is 17.4 Å². The van der Waals surface area contributed by atoms with Crippen LogP contribution >= 0.6 is 0 Å². The molecule has 172 valence electrons. The molecule has 3 aromatic rings. The number of hydrogen-bond acceptors (Lipinski definition) is 7. The molecule has 0 radical (unpaired) electrons. The molecule has 2 amide bonds. The molecule has 3 N–H and O–H groups in total. The van der Waals surface area contributed by atoms with E-state index in [1.165, 1.54) is 13.5 Å². The highest BCUT2D eigenvalue weighted by molar-refractivity contribution is 6.39. The van der Waals surface area contributed by atoms with Crippen molar-refractivity contribution < 1.29 is 28.7 Å². The van der Waals surface area contributed by atoms with Gasteiger partial charge in [-0.25, -0.2) is 4.98 Å². The van der Waals surface area contributed by atoms with E-state index in [9.17, 15) is 14.5 Å². The number of benzene rings is 2. The van der Waals surface area contributed by atoms with Gasteiger partial charge < -0.3 is 24.5 Å². The minimum absolute atomic E-state index is 0.275. The van der Waals surface area contributed by atoms with E-state index >= 15 is 0 Å². The third-order valence-corrected chi connectivity index (χ3v) is 4.76. The molecule has 3 rings (SSSR count). The summed E-state index contributed by atoms with van der Waals surface area (Å²) in [6.45, 7) is 3.84. The first-order valence-electron chi connectivity index (χ1n) is 10.1. The van der Waals surface area contributed by atoms with Gasteiger partial charge in [-0.2, -0.15) is 0 Å². The van der Waals surface area contributed by atoms with Gasteiger partial charge in [0.15, 0.2) is 12.2 Å². The molecule has 1 aromatic heterocycles. The number of amides is 2. The molecular weight excluding hydrogens is 428 g/mol. The van der Waals surface area contributed by atoms with Crippen LogP contribution in [0.1, 0.15) is 20.3 Å². The summed E-state index contributed by atoms with van der Waals surface area (Å²) in [5.74, 6) is -0.0944. The van der Waals surface area contributed by atoms with Gasteiger partial charge in [0.2, 0.25) is 0 Å². The van der Waals surface area contributed by atoms with Crippen LogP contribution in [0.25, 0.3) is 11.3 Å². The minimum atomic E-state index is -0.812. The zero-order valence-corrected chi connectivity index (χ0v) is 18.5.